The van der Waals surface area contributed by atoms with Gasteiger partial charge < -0.3 is 14.2 Å². The Labute approximate surface area is 149 Å². The van der Waals surface area contributed by atoms with E-state index in [2.05, 4.69) is 10.1 Å². The van der Waals surface area contributed by atoms with Gasteiger partial charge in [0.2, 0.25) is 11.8 Å². The van der Waals surface area contributed by atoms with Gasteiger partial charge in [-0.3, -0.25) is 4.79 Å². The Hall–Kier alpha value is -1.43. The highest BCUT2D eigenvalue weighted by atomic mass is 16.5. The number of aromatic nitrogens is 2. The molecule has 6 heteroatoms. The maximum Gasteiger partial charge on any atom is 0.233 e. The van der Waals surface area contributed by atoms with Gasteiger partial charge in [-0.1, -0.05) is 30.8 Å². The van der Waals surface area contributed by atoms with Crippen LogP contribution in [0.5, 0.6) is 0 Å². The minimum atomic E-state index is 0.212. The van der Waals surface area contributed by atoms with Gasteiger partial charge in [0.1, 0.15) is 0 Å². The summed E-state index contributed by atoms with van der Waals surface area (Å²) in [6.07, 6.45) is 10.4. The number of amides is 1. The highest BCUT2D eigenvalue weighted by Crippen LogP contribution is 2.31. The molecule has 3 aliphatic rings. The zero-order chi connectivity index (χ0) is 17.1. The summed E-state index contributed by atoms with van der Waals surface area (Å²) in [6, 6.07) is 0. The zero-order valence-corrected chi connectivity index (χ0v) is 15.0. The molecule has 0 unspecified atom stereocenters. The Morgan fingerprint density at radius 3 is 2.72 bits per heavy atom. The van der Waals surface area contributed by atoms with Crippen LogP contribution >= 0.6 is 0 Å². The first-order chi connectivity index (χ1) is 12.3. The number of carbonyl (C=O) groups is 1. The first kappa shape index (κ1) is 17.0. The molecule has 0 bridgehead atoms. The average molecular weight is 347 g/mol. The van der Waals surface area contributed by atoms with Crippen LogP contribution in [-0.2, 0) is 16.0 Å². The first-order valence-corrected chi connectivity index (χ1v) is 9.96. The number of rotatable bonds is 9. The third-order valence-corrected chi connectivity index (χ3v) is 5.83. The van der Waals surface area contributed by atoms with Crippen molar-refractivity contribution in [3.63, 3.8) is 0 Å². The molecular formula is C19H29N3O3. The summed E-state index contributed by atoms with van der Waals surface area (Å²) in [5, 5.41) is 4.04. The van der Waals surface area contributed by atoms with Gasteiger partial charge in [-0.15, -0.1) is 0 Å². The van der Waals surface area contributed by atoms with Crippen molar-refractivity contribution in [2.24, 2.45) is 11.8 Å². The summed E-state index contributed by atoms with van der Waals surface area (Å²) in [5.74, 6) is 3.46. The summed E-state index contributed by atoms with van der Waals surface area (Å²) in [4.78, 5) is 18.6. The topological polar surface area (TPSA) is 68.5 Å². The van der Waals surface area contributed by atoms with Gasteiger partial charge in [-0.25, -0.2) is 0 Å². The second-order valence-electron chi connectivity index (χ2n) is 8.00. The molecule has 0 atom stereocenters. The molecule has 2 saturated carbocycles. The summed E-state index contributed by atoms with van der Waals surface area (Å²) in [5.41, 5.74) is 0. The molecule has 1 amide bonds. The lowest BCUT2D eigenvalue weighted by Crippen LogP contribution is -2.48. The van der Waals surface area contributed by atoms with E-state index < -0.39 is 0 Å². The fraction of sp³-hybridized carbons (Fsp3) is 0.842. The van der Waals surface area contributed by atoms with E-state index in [-0.39, 0.29) is 11.8 Å². The van der Waals surface area contributed by atoms with Gasteiger partial charge in [-0.2, -0.15) is 4.98 Å². The molecule has 1 saturated heterocycles. The Morgan fingerprint density at radius 1 is 1.16 bits per heavy atom. The lowest BCUT2D eigenvalue weighted by molar-refractivity contribution is -0.136. The molecule has 138 valence electrons. The predicted molar refractivity (Wildman–Crippen MR) is 92.1 cm³/mol. The van der Waals surface area contributed by atoms with Gasteiger partial charge in [-0.05, 0) is 31.1 Å². The predicted octanol–water partition coefficient (Wildman–Crippen LogP) is 2.93. The third kappa shape index (κ3) is 4.60. The summed E-state index contributed by atoms with van der Waals surface area (Å²) in [6.45, 7) is 2.98. The van der Waals surface area contributed by atoms with E-state index >= 15 is 0 Å². The third-order valence-electron chi connectivity index (χ3n) is 5.83. The summed E-state index contributed by atoms with van der Waals surface area (Å²) < 4.78 is 11.0. The van der Waals surface area contributed by atoms with E-state index in [9.17, 15) is 4.79 Å². The second kappa shape index (κ2) is 7.85. The van der Waals surface area contributed by atoms with Crippen LogP contribution in [0.15, 0.2) is 4.52 Å². The van der Waals surface area contributed by atoms with Crippen molar-refractivity contribution in [2.45, 2.75) is 63.7 Å². The molecule has 25 heavy (non-hydrogen) atoms. The van der Waals surface area contributed by atoms with Crippen LogP contribution in [-0.4, -0.2) is 47.3 Å². The van der Waals surface area contributed by atoms with Gasteiger partial charge in [0.05, 0.1) is 12.5 Å². The summed E-state index contributed by atoms with van der Waals surface area (Å²) in [7, 11) is 0. The lowest BCUT2D eigenvalue weighted by Gasteiger charge is -2.37. The molecule has 4 rings (SSSR count). The van der Waals surface area contributed by atoms with Crippen LogP contribution < -0.4 is 0 Å². The first-order valence-electron chi connectivity index (χ1n) is 9.96. The quantitative estimate of drug-likeness (QED) is 0.643. The van der Waals surface area contributed by atoms with Crippen molar-refractivity contribution >= 4 is 5.91 Å². The Kier molecular flexibility index (Phi) is 5.34. The highest BCUT2D eigenvalue weighted by Gasteiger charge is 2.35. The lowest BCUT2D eigenvalue weighted by atomic mass is 9.97. The second-order valence-corrected chi connectivity index (χ2v) is 8.00. The van der Waals surface area contributed by atoms with E-state index in [1.54, 1.807) is 0 Å². The molecule has 0 radical (unpaired) electrons. The summed E-state index contributed by atoms with van der Waals surface area (Å²) >= 11 is 0. The van der Waals surface area contributed by atoms with E-state index in [1.807, 2.05) is 4.90 Å². The molecule has 0 N–H and O–H groups in total. The maximum absolute atomic E-state index is 12.2. The standard InChI is InChI=1S/C19H29N3O3/c23-18(8-7-14-3-1-2-4-14)22-11-16(12-22)19-20-17(21-25-19)9-10-24-13-15-5-6-15/h14-16H,1-13H2. The van der Waals surface area contributed by atoms with E-state index in [1.165, 1.54) is 38.5 Å². The van der Waals surface area contributed by atoms with Gasteiger partial charge in [0, 0.05) is 32.5 Å². The number of nitrogens with zero attached hydrogens (tertiary/aromatic N) is 3. The molecule has 6 nitrogen and oxygen atoms in total. The largest absolute Gasteiger partial charge is 0.381 e. The van der Waals surface area contributed by atoms with Crippen molar-refractivity contribution in [3.05, 3.63) is 11.7 Å². The fourth-order valence-corrected chi connectivity index (χ4v) is 3.86. The molecule has 3 fully saturated rings. The monoisotopic (exact) mass is 347 g/mol. The van der Waals surface area contributed by atoms with E-state index in [0.29, 0.717) is 25.3 Å². The van der Waals surface area contributed by atoms with Gasteiger partial charge in [0.15, 0.2) is 5.82 Å². The highest BCUT2D eigenvalue weighted by molar-refractivity contribution is 5.77. The molecule has 1 aromatic heterocycles. The molecule has 1 aliphatic heterocycles. The van der Waals surface area contributed by atoms with Gasteiger partial charge >= 0.3 is 0 Å². The van der Waals surface area contributed by atoms with Crippen LogP contribution in [0.25, 0.3) is 0 Å². The molecule has 0 aromatic carbocycles. The van der Waals surface area contributed by atoms with Crippen molar-refractivity contribution in [2.75, 3.05) is 26.3 Å². The number of likely N-dealkylation sites (tertiary alicyclic amines) is 1. The van der Waals surface area contributed by atoms with Crippen molar-refractivity contribution in [1.29, 1.82) is 0 Å². The Balaban J connectivity index is 1.14. The van der Waals surface area contributed by atoms with E-state index in [0.717, 1.165) is 43.8 Å². The van der Waals surface area contributed by atoms with E-state index in [4.69, 9.17) is 9.26 Å². The van der Waals surface area contributed by atoms with Crippen LogP contribution in [0.3, 0.4) is 0 Å². The molecular weight excluding hydrogens is 318 g/mol. The SMILES string of the molecule is O=C(CCC1CCCC1)N1CC(c2nc(CCOCC3CC3)no2)C1. The van der Waals surface area contributed by atoms with Crippen LogP contribution in [0.4, 0.5) is 0 Å². The number of carbonyl (C=O) groups excluding carboxylic acids is 1. The Bertz CT molecular complexity index is 572. The molecule has 0 spiro atoms. The number of ether oxygens (including phenoxy) is 1. The van der Waals surface area contributed by atoms with Crippen molar-refractivity contribution in [3.8, 4) is 0 Å². The molecule has 2 heterocycles. The van der Waals surface area contributed by atoms with Gasteiger partial charge in [0.25, 0.3) is 0 Å². The Morgan fingerprint density at radius 2 is 1.96 bits per heavy atom. The molecule has 1 aromatic rings. The van der Waals surface area contributed by atoms with Crippen LogP contribution in [0.1, 0.15) is 69.0 Å². The minimum absolute atomic E-state index is 0.212. The zero-order valence-electron chi connectivity index (χ0n) is 15.0. The normalized spacial score (nSPS) is 21.7. The van der Waals surface area contributed by atoms with Crippen molar-refractivity contribution in [1.82, 2.24) is 15.0 Å². The number of hydrogen-bond donors (Lipinski definition) is 0. The maximum atomic E-state index is 12.2. The minimum Gasteiger partial charge on any atom is -0.381 e. The molecule has 2 aliphatic carbocycles. The number of hydrogen-bond acceptors (Lipinski definition) is 5. The van der Waals surface area contributed by atoms with Crippen LogP contribution in [0, 0.1) is 11.8 Å². The smallest absolute Gasteiger partial charge is 0.233 e. The average Bonchev–Trinajstić information content (AvgIpc) is 3.06. The van der Waals surface area contributed by atoms with Crippen molar-refractivity contribution < 1.29 is 14.1 Å². The van der Waals surface area contributed by atoms with Crippen LogP contribution in [0.2, 0.25) is 0 Å². The fourth-order valence-electron chi connectivity index (χ4n) is 3.86.